The lowest BCUT2D eigenvalue weighted by Gasteiger charge is -2.13. The van der Waals surface area contributed by atoms with Crippen LogP contribution < -0.4 is 5.32 Å². The first-order valence-electron chi connectivity index (χ1n) is 4.52. The number of hydrogen-bond donors (Lipinski definition) is 1. The molecule has 0 rings (SSSR count). The highest BCUT2D eigenvalue weighted by molar-refractivity contribution is 5.73. The summed E-state index contributed by atoms with van der Waals surface area (Å²) in [5, 5.41) is 2.47. The first kappa shape index (κ1) is 11.9. The Balaban J connectivity index is 3.79. The highest BCUT2D eigenvalue weighted by atomic mass is 16.6. The molecule has 1 atom stereocenters. The van der Waals surface area contributed by atoms with Gasteiger partial charge in [0, 0.05) is 0 Å². The van der Waals surface area contributed by atoms with Crippen LogP contribution in [0.2, 0.25) is 0 Å². The van der Waals surface area contributed by atoms with E-state index in [4.69, 9.17) is 4.74 Å². The summed E-state index contributed by atoms with van der Waals surface area (Å²) in [4.78, 5) is 21.5. The summed E-state index contributed by atoms with van der Waals surface area (Å²) >= 11 is 0. The Morgan fingerprint density at radius 2 is 2.15 bits per heavy atom. The SMILES string of the molecule is CCC[C@@H](C=O)NC(=O)OC(C)C. The summed E-state index contributed by atoms with van der Waals surface area (Å²) in [5.41, 5.74) is 0. The van der Waals surface area contributed by atoms with Gasteiger partial charge in [-0.25, -0.2) is 4.79 Å². The molecular weight excluding hydrogens is 170 g/mol. The summed E-state index contributed by atoms with van der Waals surface area (Å²) in [5.74, 6) is 0. The topological polar surface area (TPSA) is 55.4 Å². The molecule has 0 radical (unpaired) electrons. The van der Waals surface area contributed by atoms with Gasteiger partial charge in [-0.1, -0.05) is 13.3 Å². The summed E-state index contributed by atoms with van der Waals surface area (Å²) in [6.07, 6.45) is 1.54. The lowest BCUT2D eigenvalue weighted by Crippen LogP contribution is -2.37. The van der Waals surface area contributed by atoms with E-state index in [1.165, 1.54) is 0 Å². The average molecular weight is 187 g/mol. The van der Waals surface area contributed by atoms with Gasteiger partial charge in [-0.15, -0.1) is 0 Å². The van der Waals surface area contributed by atoms with Crippen LogP contribution in [-0.2, 0) is 9.53 Å². The van der Waals surface area contributed by atoms with Crippen molar-refractivity contribution >= 4 is 12.4 Å². The Morgan fingerprint density at radius 3 is 2.54 bits per heavy atom. The first-order chi connectivity index (χ1) is 6.10. The zero-order chi connectivity index (χ0) is 10.3. The van der Waals surface area contributed by atoms with E-state index in [1.54, 1.807) is 13.8 Å². The molecule has 4 heteroatoms. The van der Waals surface area contributed by atoms with Crippen LogP contribution in [0.3, 0.4) is 0 Å². The summed E-state index contributed by atoms with van der Waals surface area (Å²) in [7, 11) is 0. The van der Waals surface area contributed by atoms with Crippen LogP contribution in [-0.4, -0.2) is 24.5 Å². The molecule has 0 aromatic heterocycles. The van der Waals surface area contributed by atoms with Crippen molar-refractivity contribution in [3.63, 3.8) is 0 Å². The van der Waals surface area contributed by atoms with Gasteiger partial charge in [0.05, 0.1) is 12.1 Å². The maximum Gasteiger partial charge on any atom is 0.407 e. The molecule has 0 aliphatic heterocycles. The molecule has 0 aromatic carbocycles. The molecule has 0 spiro atoms. The van der Waals surface area contributed by atoms with E-state index in [9.17, 15) is 9.59 Å². The van der Waals surface area contributed by atoms with Gasteiger partial charge in [0.2, 0.25) is 0 Å². The maximum absolute atomic E-state index is 11.0. The first-order valence-corrected chi connectivity index (χ1v) is 4.52. The van der Waals surface area contributed by atoms with Crippen molar-refractivity contribution in [3.05, 3.63) is 0 Å². The van der Waals surface area contributed by atoms with Crippen molar-refractivity contribution < 1.29 is 14.3 Å². The van der Waals surface area contributed by atoms with Crippen molar-refractivity contribution in [2.45, 2.75) is 45.8 Å². The van der Waals surface area contributed by atoms with E-state index in [-0.39, 0.29) is 6.10 Å². The molecule has 0 heterocycles. The fraction of sp³-hybridized carbons (Fsp3) is 0.778. The molecule has 0 aromatic rings. The van der Waals surface area contributed by atoms with Crippen LogP contribution in [0.4, 0.5) is 4.79 Å². The van der Waals surface area contributed by atoms with Crippen LogP contribution in [0.15, 0.2) is 0 Å². The minimum atomic E-state index is -0.527. The summed E-state index contributed by atoms with van der Waals surface area (Å²) in [6, 6.07) is -0.420. The third-order valence-electron chi connectivity index (χ3n) is 1.41. The normalized spacial score (nSPS) is 12.3. The second-order valence-corrected chi connectivity index (χ2v) is 3.13. The molecule has 1 N–H and O–H groups in total. The van der Waals surface area contributed by atoms with E-state index in [0.717, 1.165) is 12.7 Å². The molecular formula is C9H17NO3. The van der Waals surface area contributed by atoms with Crippen molar-refractivity contribution in [1.82, 2.24) is 5.32 Å². The third-order valence-corrected chi connectivity index (χ3v) is 1.41. The van der Waals surface area contributed by atoms with E-state index in [2.05, 4.69) is 5.32 Å². The lowest BCUT2D eigenvalue weighted by molar-refractivity contribution is -0.109. The Hall–Kier alpha value is -1.06. The molecule has 1 amide bonds. The highest BCUT2D eigenvalue weighted by Crippen LogP contribution is 1.95. The van der Waals surface area contributed by atoms with Crippen molar-refractivity contribution in [3.8, 4) is 0 Å². The molecule has 0 saturated heterocycles. The summed E-state index contributed by atoms with van der Waals surface area (Å²) in [6.45, 7) is 5.47. The monoisotopic (exact) mass is 187 g/mol. The van der Waals surface area contributed by atoms with E-state index < -0.39 is 12.1 Å². The number of alkyl carbamates (subject to hydrolysis) is 1. The number of aldehydes is 1. The number of carbonyl (C=O) groups excluding carboxylic acids is 2. The van der Waals surface area contributed by atoms with Crippen LogP contribution in [0.1, 0.15) is 33.6 Å². The second-order valence-electron chi connectivity index (χ2n) is 3.13. The number of hydrogen-bond acceptors (Lipinski definition) is 3. The average Bonchev–Trinajstić information content (AvgIpc) is 2.02. The van der Waals surface area contributed by atoms with E-state index >= 15 is 0 Å². The number of nitrogens with one attached hydrogen (secondary N) is 1. The Bertz CT molecular complexity index is 168. The number of amides is 1. The standard InChI is InChI=1S/C9H17NO3/c1-4-5-8(6-11)10-9(12)13-7(2)3/h6-8H,4-5H2,1-3H3,(H,10,12)/t8-/m0/s1. The molecule has 0 aliphatic rings. The fourth-order valence-corrected chi connectivity index (χ4v) is 0.885. The Labute approximate surface area is 78.6 Å². The zero-order valence-electron chi connectivity index (χ0n) is 8.37. The number of ether oxygens (including phenoxy) is 1. The van der Waals surface area contributed by atoms with Crippen molar-refractivity contribution in [1.29, 1.82) is 0 Å². The number of rotatable bonds is 5. The molecule has 13 heavy (non-hydrogen) atoms. The molecule has 0 unspecified atom stereocenters. The predicted octanol–water partition coefficient (Wildman–Crippen LogP) is 1.49. The molecule has 0 fully saturated rings. The van der Waals surface area contributed by atoms with Gasteiger partial charge in [0.1, 0.15) is 6.29 Å². The lowest BCUT2D eigenvalue weighted by atomic mass is 10.2. The molecule has 0 aliphatic carbocycles. The smallest absolute Gasteiger partial charge is 0.407 e. The van der Waals surface area contributed by atoms with Crippen LogP contribution >= 0.6 is 0 Å². The molecule has 0 saturated carbocycles. The maximum atomic E-state index is 11.0. The van der Waals surface area contributed by atoms with Gasteiger partial charge in [-0.3, -0.25) is 0 Å². The van der Waals surface area contributed by atoms with Gasteiger partial charge in [-0.2, -0.15) is 0 Å². The van der Waals surface area contributed by atoms with Gasteiger partial charge in [-0.05, 0) is 20.3 Å². The van der Waals surface area contributed by atoms with Gasteiger partial charge >= 0.3 is 6.09 Å². The molecule has 4 nitrogen and oxygen atoms in total. The largest absolute Gasteiger partial charge is 0.447 e. The van der Waals surface area contributed by atoms with Crippen LogP contribution in [0.25, 0.3) is 0 Å². The van der Waals surface area contributed by atoms with E-state index in [0.29, 0.717) is 6.42 Å². The summed E-state index contributed by atoms with van der Waals surface area (Å²) < 4.78 is 4.82. The minimum Gasteiger partial charge on any atom is -0.447 e. The van der Waals surface area contributed by atoms with E-state index in [1.807, 2.05) is 6.92 Å². The van der Waals surface area contributed by atoms with Crippen LogP contribution in [0.5, 0.6) is 0 Å². The second kappa shape index (κ2) is 6.46. The molecule has 0 bridgehead atoms. The Kier molecular flexibility index (Phi) is 5.93. The predicted molar refractivity (Wildman–Crippen MR) is 49.5 cm³/mol. The zero-order valence-corrected chi connectivity index (χ0v) is 8.37. The van der Waals surface area contributed by atoms with Crippen LogP contribution in [0, 0.1) is 0 Å². The van der Waals surface area contributed by atoms with Crippen molar-refractivity contribution in [2.75, 3.05) is 0 Å². The fourth-order valence-electron chi connectivity index (χ4n) is 0.885. The molecule has 76 valence electrons. The Morgan fingerprint density at radius 1 is 1.54 bits per heavy atom. The van der Waals surface area contributed by atoms with Gasteiger partial charge in [0.15, 0.2) is 0 Å². The minimum absolute atomic E-state index is 0.158. The van der Waals surface area contributed by atoms with Crippen molar-refractivity contribution in [2.24, 2.45) is 0 Å². The van der Waals surface area contributed by atoms with Gasteiger partial charge in [0.25, 0.3) is 0 Å². The number of carbonyl (C=O) groups is 2. The highest BCUT2D eigenvalue weighted by Gasteiger charge is 2.11. The quantitative estimate of drug-likeness (QED) is 0.663. The van der Waals surface area contributed by atoms with Gasteiger partial charge < -0.3 is 14.8 Å². The third kappa shape index (κ3) is 6.13.